The van der Waals surface area contributed by atoms with E-state index in [1.54, 1.807) is 12.3 Å². The fourth-order valence-electron chi connectivity index (χ4n) is 2.11. The molecule has 0 atom stereocenters. The summed E-state index contributed by atoms with van der Waals surface area (Å²) in [7, 11) is 0. The smallest absolute Gasteiger partial charge is 0.244 e. The van der Waals surface area contributed by atoms with Crippen LogP contribution in [0.3, 0.4) is 0 Å². The van der Waals surface area contributed by atoms with E-state index in [2.05, 4.69) is 50.4 Å². The standard InChI is InChI=1S/C18H21NO2/c1-13(2)17(15-8-6-14(3)7-9-15)11-18(20)19-12-16-5-4-10-21-16/h4-11,13H,12H2,1-3H3,(H,19,20)/b17-11+. The Bertz CT molecular complexity index is 607. The van der Waals surface area contributed by atoms with Gasteiger partial charge in [-0.05, 0) is 36.1 Å². The summed E-state index contributed by atoms with van der Waals surface area (Å²) in [6.45, 7) is 6.64. The first-order chi connectivity index (χ1) is 10.1. The molecule has 1 aromatic carbocycles. The normalized spacial score (nSPS) is 11.7. The van der Waals surface area contributed by atoms with E-state index in [9.17, 15) is 4.79 Å². The van der Waals surface area contributed by atoms with Crippen LogP contribution in [0.2, 0.25) is 0 Å². The van der Waals surface area contributed by atoms with Gasteiger partial charge in [0.15, 0.2) is 0 Å². The van der Waals surface area contributed by atoms with Crippen molar-refractivity contribution in [3.63, 3.8) is 0 Å². The Morgan fingerprint density at radius 2 is 1.95 bits per heavy atom. The minimum absolute atomic E-state index is 0.101. The Kier molecular flexibility index (Phi) is 4.99. The van der Waals surface area contributed by atoms with Gasteiger partial charge in [0.2, 0.25) is 5.91 Å². The molecule has 0 unspecified atom stereocenters. The lowest BCUT2D eigenvalue weighted by atomic mass is 9.94. The molecule has 21 heavy (non-hydrogen) atoms. The number of carbonyl (C=O) groups is 1. The summed E-state index contributed by atoms with van der Waals surface area (Å²) in [5, 5.41) is 2.84. The summed E-state index contributed by atoms with van der Waals surface area (Å²) < 4.78 is 5.20. The molecule has 0 aliphatic rings. The monoisotopic (exact) mass is 283 g/mol. The van der Waals surface area contributed by atoms with Gasteiger partial charge in [-0.3, -0.25) is 4.79 Å². The van der Waals surface area contributed by atoms with Gasteiger partial charge in [-0.2, -0.15) is 0 Å². The molecule has 0 fully saturated rings. The SMILES string of the molecule is Cc1ccc(/C(=C/C(=O)NCc2ccco2)C(C)C)cc1. The summed E-state index contributed by atoms with van der Waals surface area (Å²) >= 11 is 0. The predicted molar refractivity (Wildman–Crippen MR) is 84.5 cm³/mol. The number of rotatable bonds is 5. The predicted octanol–water partition coefficient (Wildman–Crippen LogP) is 3.94. The van der Waals surface area contributed by atoms with Crippen molar-refractivity contribution >= 4 is 11.5 Å². The Morgan fingerprint density at radius 3 is 2.52 bits per heavy atom. The molecule has 0 saturated heterocycles. The Balaban J connectivity index is 2.09. The van der Waals surface area contributed by atoms with Crippen LogP contribution in [-0.4, -0.2) is 5.91 Å². The first-order valence-electron chi connectivity index (χ1n) is 7.15. The van der Waals surface area contributed by atoms with E-state index in [-0.39, 0.29) is 11.8 Å². The third-order valence-electron chi connectivity index (χ3n) is 3.31. The van der Waals surface area contributed by atoms with E-state index in [0.717, 1.165) is 16.9 Å². The lowest BCUT2D eigenvalue weighted by Crippen LogP contribution is -2.20. The van der Waals surface area contributed by atoms with Gasteiger partial charge in [-0.25, -0.2) is 0 Å². The highest BCUT2D eigenvalue weighted by molar-refractivity contribution is 5.95. The van der Waals surface area contributed by atoms with Crippen molar-refractivity contribution in [1.82, 2.24) is 5.32 Å². The van der Waals surface area contributed by atoms with Crippen LogP contribution in [-0.2, 0) is 11.3 Å². The van der Waals surface area contributed by atoms with E-state index in [1.165, 1.54) is 5.56 Å². The Hall–Kier alpha value is -2.29. The van der Waals surface area contributed by atoms with Crippen LogP contribution in [0.5, 0.6) is 0 Å². The maximum absolute atomic E-state index is 12.1. The topological polar surface area (TPSA) is 42.2 Å². The highest BCUT2D eigenvalue weighted by Gasteiger charge is 2.09. The van der Waals surface area contributed by atoms with E-state index >= 15 is 0 Å². The van der Waals surface area contributed by atoms with Gasteiger partial charge < -0.3 is 9.73 Å². The highest BCUT2D eigenvalue weighted by atomic mass is 16.3. The second-order valence-corrected chi connectivity index (χ2v) is 5.42. The molecule has 1 N–H and O–H groups in total. The van der Waals surface area contributed by atoms with Crippen LogP contribution in [0.15, 0.2) is 53.2 Å². The van der Waals surface area contributed by atoms with Crippen LogP contribution in [0.4, 0.5) is 0 Å². The quantitative estimate of drug-likeness (QED) is 0.844. The number of aryl methyl sites for hydroxylation is 1. The third kappa shape index (κ3) is 4.35. The second kappa shape index (κ2) is 6.93. The largest absolute Gasteiger partial charge is 0.467 e. The number of carbonyl (C=O) groups excluding carboxylic acids is 1. The number of allylic oxidation sites excluding steroid dienone is 1. The number of benzene rings is 1. The van der Waals surface area contributed by atoms with E-state index in [4.69, 9.17) is 4.42 Å². The maximum Gasteiger partial charge on any atom is 0.244 e. The Morgan fingerprint density at radius 1 is 1.24 bits per heavy atom. The molecule has 110 valence electrons. The summed E-state index contributed by atoms with van der Waals surface area (Å²) in [5.74, 6) is 0.927. The number of nitrogens with one attached hydrogen (secondary N) is 1. The van der Waals surface area contributed by atoms with Crippen LogP contribution in [0.25, 0.3) is 5.57 Å². The van der Waals surface area contributed by atoms with E-state index in [1.807, 2.05) is 12.1 Å². The number of furan rings is 1. The zero-order chi connectivity index (χ0) is 15.2. The molecule has 0 spiro atoms. The van der Waals surface area contributed by atoms with Crippen molar-refractivity contribution in [1.29, 1.82) is 0 Å². The summed E-state index contributed by atoms with van der Waals surface area (Å²) in [6.07, 6.45) is 3.28. The summed E-state index contributed by atoms with van der Waals surface area (Å²) in [5.41, 5.74) is 3.33. The highest BCUT2D eigenvalue weighted by Crippen LogP contribution is 2.23. The molecule has 2 rings (SSSR count). The van der Waals surface area contributed by atoms with Gasteiger partial charge in [0.1, 0.15) is 5.76 Å². The second-order valence-electron chi connectivity index (χ2n) is 5.42. The minimum atomic E-state index is -0.101. The van der Waals surface area contributed by atoms with Crippen molar-refractivity contribution in [3.8, 4) is 0 Å². The molecule has 1 heterocycles. The maximum atomic E-state index is 12.1. The molecule has 0 aliphatic carbocycles. The van der Waals surface area contributed by atoms with Crippen molar-refractivity contribution in [2.75, 3.05) is 0 Å². The number of hydrogen-bond donors (Lipinski definition) is 1. The van der Waals surface area contributed by atoms with Crippen LogP contribution < -0.4 is 5.32 Å². The summed E-state index contributed by atoms with van der Waals surface area (Å²) in [4.78, 5) is 12.1. The van der Waals surface area contributed by atoms with E-state index in [0.29, 0.717) is 6.54 Å². The van der Waals surface area contributed by atoms with Crippen LogP contribution >= 0.6 is 0 Å². The molecule has 0 radical (unpaired) electrons. The molecule has 2 aromatic rings. The number of hydrogen-bond acceptors (Lipinski definition) is 2. The average Bonchev–Trinajstić information content (AvgIpc) is 2.97. The van der Waals surface area contributed by atoms with Crippen LogP contribution in [0, 0.1) is 12.8 Å². The first-order valence-corrected chi connectivity index (χ1v) is 7.15. The van der Waals surface area contributed by atoms with Crippen molar-refractivity contribution in [3.05, 3.63) is 65.6 Å². The lowest BCUT2D eigenvalue weighted by Gasteiger charge is -2.12. The van der Waals surface area contributed by atoms with Gasteiger partial charge >= 0.3 is 0 Å². The molecular formula is C18H21NO2. The minimum Gasteiger partial charge on any atom is -0.467 e. The molecular weight excluding hydrogens is 262 g/mol. The molecule has 0 saturated carbocycles. The zero-order valence-electron chi connectivity index (χ0n) is 12.7. The van der Waals surface area contributed by atoms with Gasteiger partial charge in [-0.15, -0.1) is 0 Å². The molecule has 1 aromatic heterocycles. The van der Waals surface area contributed by atoms with Gasteiger partial charge in [-0.1, -0.05) is 43.7 Å². The van der Waals surface area contributed by atoms with Crippen LogP contribution in [0.1, 0.15) is 30.7 Å². The average molecular weight is 283 g/mol. The fourth-order valence-corrected chi connectivity index (χ4v) is 2.11. The molecule has 0 bridgehead atoms. The Labute approximate surface area is 125 Å². The lowest BCUT2D eigenvalue weighted by molar-refractivity contribution is -0.116. The van der Waals surface area contributed by atoms with Gasteiger partial charge in [0.05, 0.1) is 12.8 Å². The first kappa shape index (κ1) is 15.1. The van der Waals surface area contributed by atoms with Gasteiger partial charge in [0, 0.05) is 6.08 Å². The van der Waals surface area contributed by atoms with Crippen molar-refractivity contribution in [2.45, 2.75) is 27.3 Å². The fraction of sp³-hybridized carbons (Fsp3) is 0.278. The van der Waals surface area contributed by atoms with Gasteiger partial charge in [0.25, 0.3) is 0 Å². The summed E-state index contributed by atoms with van der Waals surface area (Å²) in [6, 6.07) is 11.9. The molecule has 3 nitrogen and oxygen atoms in total. The zero-order valence-corrected chi connectivity index (χ0v) is 12.7. The molecule has 0 aliphatic heterocycles. The van der Waals surface area contributed by atoms with Crippen molar-refractivity contribution < 1.29 is 9.21 Å². The van der Waals surface area contributed by atoms with E-state index < -0.39 is 0 Å². The molecule has 1 amide bonds. The van der Waals surface area contributed by atoms with Crippen molar-refractivity contribution in [2.24, 2.45) is 5.92 Å². The number of amides is 1. The third-order valence-corrected chi connectivity index (χ3v) is 3.31. The molecule has 3 heteroatoms.